The Labute approximate surface area is 127 Å². The Morgan fingerprint density at radius 3 is 2.30 bits per heavy atom. The van der Waals surface area contributed by atoms with Gasteiger partial charge in [0.1, 0.15) is 12.1 Å². The molecule has 10 heteroatoms. The van der Waals surface area contributed by atoms with E-state index in [0.29, 0.717) is 11.4 Å². The van der Waals surface area contributed by atoms with Crippen LogP contribution in [-0.4, -0.2) is 24.9 Å². The highest BCUT2D eigenvalue weighted by Crippen LogP contribution is 2.21. The van der Waals surface area contributed by atoms with Crippen molar-refractivity contribution in [1.29, 1.82) is 0 Å². The summed E-state index contributed by atoms with van der Waals surface area (Å²) < 4.78 is 38.9. The van der Waals surface area contributed by atoms with Crippen LogP contribution in [0.4, 0.5) is 36.3 Å². The smallest absolute Gasteiger partial charge is 0.313 e. The fraction of sp³-hybridized carbons (Fsp3) is 0. The van der Waals surface area contributed by atoms with E-state index >= 15 is 0 Å². The summed E-state index contributed by atoms with van der Waals surface area (Å²) in [6.07, 6.45) is -1.06. The zero-order valence-corrected chi connectivity index (χ0v) is 11.3. The molecule has 0 aliphatic carbocycles. The molecule has 0 bridgehead atoms. The minimum atomic E-state index is -1.18. The minimum Gasteiger partial charge on any atom is -0.340 e. The van der Waals surface area contributed by atoms with Crippen molar-refractivity contribution in [3.05, 3.63) is 54.8 Å². The van der Waals surface area contributed by atoms with Crippen molar-refractivity contribution in [3.63, 3.8) is 0 Å². The third-order valence-electron chi connectivity index (χ3n) is 2.60. The Kier molecular flexibility index (Phi) is 3.95. The van der Waals surface area contributed by atoms with E-state index in [1.807, 2.05) is 0 Å². The molecular formula is C13H8F3N7. The van der Waals surface area contributed by atoms with Gasteiger partial charge in [0.05, 0.1) is 0 Å². The summed E-state index contributed by atoms with van der Waals surface area (Å²) in [6, 6.07) is 7.53. The number of nitrogens with one attached hydrogen (secondary N) is 2. The summed E-state index contributed by atoms with van der Waals surface area (Å²) in [5.41, 5.74) is 1.01. The van der Waals surface area contributed by atoms with E-state index in [0.717, 1.165) is 12.4 Å². The second-order valence-corrected chi connectivity index (χ2v) is 4.25. The van der Waals surface area contributed by atoms with Gasteiger partial charge in [-0.1, -0.05) is 6.07 Å². The highest BCUT2D eigenvalue weighted by Gasteiger charge is 2.05. The van der Waals surface area contributed by atoms with Crippen LogP contribution in [0, 0.1) is 18.1 Å². The SMILES string of the molecule is Fc1cc(Nc2cccc(Nc3ncnc(F)n3)c2)nc(F)n1. The fourth-order valence-electron chi connectivity index (χ4n) is 1.74. The molecular weight excluding hydrogens is 311 g/mol. The van der Waals surface area contributed by atoms with Gasteiger partial charge in [-0.3, -0.25) is 0 Å². The third-order valence-corrected chi connectivity index (χ3v) is 2.60. The van der Waals surface area contributed by atoms with Crippen molar-refractivity contribution in [2.45, 2.75) is 0 Å². The molecule has 116 valence electrons. The number of hydrogen-bond donors (Lipinski definition) is 2. The molecule has 0 unspecified atom stereocenters. The van der Waals surface area contributed by atoms with E-state index in [2.05, 4.69) is 35.6 Å². The molecule has 0 saturated heterocycles. The van der Waals surface area contributed by atoms with Crippen molar-refractivity contribution >= 4 is 23.1 Å². The normalized spacial score (nSPS) is 10.4. The van der Waals surface area contributed by atoms with Crippen LogP contribution in [0.1, 0.15) is 0 Å². The maximum absolute atomic E-state index is 13.0. The van der Waals surface area contributed by atoms with Crippen LogP contribution in [0.3, 0.4) is 0 Å². The van der Waals surface area contributed by atoms with E-state index in [1.54, 1.807) is 24.3 Å². The number of halogens is 3. The zero-order valence-electron chi connectivity index (χ0n) is 11.3. The maximum atomic E-state index is 13.0. The molecule has 1 aromatic carbocycles. The lowest BCUT2D eigenvalue weighted by Crippen LogP contribution is -2.02. The van der Waals surface area contributed by atoms with Crippen molar-refractivity contribution in [3.8, 4) is 0 Å². The quantitative estimate of drug-likeness (QED) is 0.564. The van der Waals surface area contributed by atoms with Crippen LogP contribution in [0.25, 0.3) is 0 Å². The minimum absolute atomic E-state index is 0.0220. The summed E-state index contributed by atoms with van der Waals surface area (Å²) >= 11 is 0. The van der Waals surface area contributed by atoms with Gasteiger partial charge in [-0.25, -0.2) is 4.98 Å². The molecule has 0 saturated carbocycles. The molecule has 23 heavy (non-hydrogen) atoms. The lowest BCUT2D eigenvalue weighted by molar-refractivity contribution is 0.485. The summed E-state index contributed by atoms with van der Waals surface area (Å²) in [5, 5.41) is 5.50. The van der Waals surface area contributed by atoms with Gasteiger partial charge in [0.15, 0.2) is 0 Å². The Bertz CT molecular complexity index is 823. The molecule has 0 atom stereocenters. The molecule has 2 N–H and O–H groups in total. The molecule has 2 heterocycles. The molecule has 0 amide bonds. The lowest BCUT2D eigenvalue weighted by Gasteiger charge is -2.08. The lowest BCUT2D eigenvalue weighted by atomic mass is 10.2. The summed E-state index contributed by atoms with van der Waals surface area (Å²) in [5.74, 6) is -1.01. The Hall–Kier alpha value is -3.30. The monoisotopic (exact) mass is 319 g/mol. The number of anilines is 4. The molecule has 7 nitrogen and oxygen atoms in total. The average Bonchev–Trinajstić information content (AvgIpc) is 2.46. The highest BCUT2D eigenvalue weighted by atomic mass is 19.1. The van der Waals surface area contributed by atoms with Gasteiger partial charge in [-0.05, 0) is 18.2 Å². The van der Waals surface area contributed by atoms with Crippen molar-refractivity contribution in [2.24, 2.45) is 0 Å². The van der Waals surface area contributed by atoms with E-state index in [1.165, 1.54) is 0 Å². The molecule has 3 aromatic rings. The first-order chi connectivity index (χ1) is 11.1. The summed E-state index contributed by atoms with van der Waals surface area (Å²) in [6.45, 7) is 0. The number of nitrogens with zero attached hydrogens (tertiary/aromatic N) is 5. The summed E-state index contributed by atoms with van der Waals surface area (Å²) in [7, 11) is 0. The molecule has 3 rings (SSSR count). The highest BCUT2D eigenvalue weighted by molar-refractivity contribution is 5.64. The largest absolute Gasteiger partial charge is 0.340 e. The second kappa shape index (κ2) is 6.22. The average molecular weight is 319 g/mol. The third kappa shape index (κ3) is 3.87. The zero-order chi connectivity index (χ0) is 16.2. The molecule has 0 aliphatic heterocycles. The van der Waals surface area contributed by atoms with E-state index < -0.39 is 18.1 Å². The van der Waals surface area contributed by atoms with Crippen LogP contribution in [0.5, 0.6) is 0 Å². The number of hydrogen-bond acceptors (Lipinski definition) is 7. The van der Waals surface area contributed by atoms with Crippen molar-refractivity contribution in [2.75, 3.05) is 10.6 Å². The predicted molar refractivity (Wildman–Crippen MR) is 74.7 cm³/mol. The second-order valence-electron chi connectivity index (χ2n) is 4.25. The molecule has 0 aliphatic rings. The van der Waals surface area contributed by atoms with E-state index in [4.69, 9.17) is 0 Å². The van der Waals surface area contributed by atoms with Gasteiger partial charge in [0, 0.05) is 17.4 Å². The van der Waals surface area contributed by atoms with Crippen LogP contribution in [-0.2, 0) is 0 Å². The topological polar surface area (TPSA) is 88.5 Å². The van der Waals surface area contributed by atoms with E-state index in [9.17, 15) is 13.2 Å². The van der Waals surface area contributed by atoms with Gasteiger partial charge in [-0.15, -0.1) is 0 Å². The predicted octanol–water partition coefficient (Wildman–Crippen LogP) is 2.57. The standard InChI is InChI=1S/C13H8F3N7/c14-9-5-10(22-12(16)21-9)19-7-2-1-3-8(4-7)20-13-18-6-17-11(15)23-13/h1-6H,(H,19,21,22)(H,17,18,20,23). The Morgan fingerprint density at radius 2 is 1.57 bits per heavy atom. The van der Waals surface area contributed by atoms with Gasteiger partial charge < -0.3 is 10.6 Å². The Morgan fingerprint density at radius 1 is 0.783 bits per heavy atom. The van der Waals surface area contributed by atoms with Gasteiger partial charge in [0.25, 0.3) is 0 Å². The first kappa shape index (κ1) is 14.6. The molecule has 0 spiro atoms. The fourth-order valence-corrected chi connectivity index (χ4v) is 1.74. The number of benzene rings is 1. The summed E-state index contributed by atoms with van der Waals surface area (Å²) in [4.78, 5) is 16.8. The number of rotatable bonds is 4. The molecule has 0 radical (unpaired) electrons. The van der Waals surface area contributed by atoms with Gasteiger partial charge >= 0.3 is 12.2 Å². The van der Waals surface area contributed by atoms with Crippen molar-refractivity contribution in [1.82, 2.24) is 24.9 Å². The first-order valence-electron chi connectivity index (χ1n) is 6.27. The van der Waals surface area contributed by atoms with Gasteiger partial charge in [0.2, 0.25) is 11.9 Å². The maximum Gasteiger partial charge on any atom is 0.313 e. The molecule has 2 aromatic heterocycles. The number of aromatic nitrogens is 5. The van der Waals surface area contributed by atoms with Crippen molar-refractivity contribution < 1.29 is 13.2 Å². The van der Waals surface area contributed by atoms with Crippen LogP contribution >= 0.6 is 0 Å². The van der Waals surface area contributed by atoms with Crippen LogP contribution in [0.15, 0.2) is 36.7 Å². The van der Waals surface area contributed by atoms with Crippen LogP contribution in [0.2, 0.25) is 0 Å². The first-order valence-corrected chi connectivity index (χ1v) is 6.27. The van der Waals surface area contributed by atoms with Gasteiger partial charge in [-0.2, -0.15) is 33.1 Å². The van der Waals surface area contributed by atoms with Crippen LogP contribution < -0.4 is 10.6 Å². The van der Waals surface area contributed by atoms with E-state index in [-0.39, 0.29) is 11.8 Å². The Balaban J connectivity index is 1.79. The molecule has 0 fully saturated rings.